The zero-order valence-electron chi connectivity index (χ0n) is 11.4. The van der Waals surface area contributed by atoms with Gasteiger partial charge in [0, 0.05) is 18.0 Å². The number of hydrogen-bond acceptors (Lipinski definition) is 4. The number of nitrogen functional groups attached to an aromatic ring is 1. The summed E-state index contributed by atoms with van der Waals surface area (Å²) in [5.74, 6) is 0.524. The molecule has 20 heavy (non-hydrogen) atoms. The van der Waals surface area contributed by atoms with E-state index >= 15 is 0 Å². The Bertz CT molecular complexity index is 726. The predicted octanol–water partition coefficient (Wildman–Crippen LogP) is 2.53. The Balaban J connectivity index is 2.17. The van der Waals surface area contributed by atoms with Crippen molar-refractivity contribution in [1.29, 1.82) is 0 Å². The highest BCUT2D eigenvalue weighted by Gasteiger charge is 2.15. The first-order valence-corrected chi connectivity index (χ1v) is 6.36. The topological polar surface area (TPSA) is 69.6 Å². The van der Waals surface area contributed by atoms with Crippen LogP contribution in [0.1, 0.15) is 11.1 Å². The van der Waals surface area contributed by atoms with Gasteiger partial charge in [0.2, 0.25) is 0 Å². The molecule has 2 N–H and O–H groups in total. The van der Waals surface area contributed by atoms with E-state index < -0.39 is 0 Å². The Morgan fingerprint density at radius 1 is 1.05 bits per heavy atom. The molecule has 5 heteroatoms. The third kappa shape index (κ3) is 1.93. The molecule has 0 saturated heterocycles. The molecule has 3 rings (SSSR count). The molecule has 1 aromatic carbocycles. The second kappa shape index (κ2) is 4.77. The van der Waals surface area contributed by atoms with E-state index in [4.69, 9.17) is 5.73 Å². The molecule has 0 radical (unpaired) electrons. The largest absolute Gasteiger partial charge is 0.382 e. The molecule has 3 aromatic rings. The molecule has 2 aromatic heterocycles. The van der Waals surface area contributed by atoms with E-state index in [1.54, 1.807) is 17.1 Å². The average molecular weight is 265 g/mol. The van der Waals surface area contributed by atoms with Gasteiger partial charge >= 0.3 is 0 Å². The van der Waals surface area contributed by atoms with Crippen molar-refractivity contribution < 1.29 is 0 Å². The molecular formula is C15H15N5. The minimum Gasteiger partial charge on any atom is -0.382 e. The lowest BCUT2D eigenvalue weighted by Gasteiger charge is -2.10. The maximum Gasteiger partial charge on any atom is 0.155 e. The van der Waals surface area contributed by atoms with Crippen LogP contribution in [0.2, 0.25) is 0 Å². The summed E-state index contributed by atoms with van der Waals surface area (Å²) in [6.45, 7) is 4.07. The molecule has 0 bridgehead atoms. The summed E-state index contributed by atoms with van der Waals surface area (Å²) in [4.78, 5) is 4.09. The number of benzene rings is 1. The summed E-state index contributed by atoms with van der Waals surface area (Å²) in [7, 11) is 0. The van der Waals surface area contributed by atoms with Gasteiger partial charge < -0.3 is 5.73 Å². The first-order chi connectivity index (χ1) is 9.68. The molecule has 0 spiro atoms. The second-order valence-electron chi connectivity index (χ2n) is 4.72. The highest BCUT2D eigenvalue weighted by atomic mass is 15.5. The third-order valence-corrected chi connectivity index (χ3v) is 3.29. The maximum atomic E-state index is 6.22. The Labute approximate surface area is 117 Å². The highest BCUT2D eigenvalue weighted by molar-refractivity contribution is 5.70. The van der Waals surface area contributed by atoms with Crippen LogP contribution < -0.4 is 5.73 Å². The van der Waals surface area contributed by atoms with Crippen LogP contribution in [0, 0.1) is 13.8 Å². The monoisotopic (exact) mass is 265 g/mol. The van der Waals surface area contributed by atoms with Crippen molar-refractivity contribution in [3.63, 3.8) is 0 Å². The van der Waals surface area contributed by atoms with Crippen LogP contribution in [-0.4, -0.2) is 20.0 Å². The van der Waals surface area contributed by atoms with Gasteiger partial charge in [0.15, 0.2) is 5.82 Å². The normalized spacial score (nSPS) is 10.7. The second-order valence-corrected chi connectivity index (χ2v) is 4.72. The van der Waals surface area contributed by atoms with E-state index in [-0.39, 0.29) is 0 Å². The van der Waals surface area contributed by atoms with Crippen LogP contribution in [0.25, 0.3) is 16.9 Å². The summed E-state index contributed by atoms with van der Waals surface area (Å²) in [6, 6.07) is 9.86. The van der Waals surface area contributed by atoms with Gasteiger partial charge in [-0.15, -0.1) is 5.10 Å². The van der Waals surface area contributed by atoms with E-state index in [2.05, 4.69) is 15.3 Å². The SMILES string of the molecule is Cc1cccc(C)c1-n1nnc(-c2cccnc2)c1N. The van der Waals surface area contributed by atoms with Crippen LogP contribution >= 0.6 is 0 Å². The highest BCUT2D eigenvalue weighted by Crippen LogP contribution is 2.27. The van der Waals surface area contributed by atoms with E-state index in [0.717, 1.165) is 22.4 Å². The molecule has 0 atom stereocenters. The standard InChI is InChI=1S/C15H15N5/c1-10-5-3-6-11(2)14(10)20-15(16)13(18-19-20)12-7-4-8-17-9-12/h3-9H,16H2,1-2H3. The average Bonchev–Trinajstić information content (AvgIpc) is 2.82. The minimum absolute atomic E-state index is 0.524. The van der Waals surface area contributed by atoms with Gasteiger partial charge in [0.25, 0.3) is 0 Å². The molecule has 0 aliphatic rings. The molecule has 0 amide bonds. The summed E-state index contributed by atoms with van der Waals surface area (Å²) in [6.07, 6.45) is 3.45. The van der Waals surface area contributed by atoms with Gasteiger partial charge in [-0.05, 0) is 37.1 Å². The van der Waals surface area contributed by atoms with Gasteiger partial charge in [-0.3, -0.25) is 4.98 Å². The molecule has 0 aliphatic heterocycles. The fourth-order valence-corrected chi connectivity index (χ4v) is 2.30. The lowest BCUT2D eigenvalue weighted by Crippen LogP contribution is -2.06. The molecule has 0 aliphatic carbocycles. The summed E-state index contributed by atoms with van der Waals surface area (Å²) in [5.41, 5.74) is 10.9. The van der Waals surface area contributed by atoms with Gasteiger partial charge in [-0.2, -0.15) is 4.68 Å². The lowest BCUT2D eigenvalue weighted by molar-refractivity contribution is 0.801. The molecular weight excluding hydrogens is 250 g/mol. The number of para-hydroxylation sites is 1. The molecule has 2 heterocycles. The van der Waals surface area contributed by atoms with Gasteiger partial charge in [0.05, 0.1) is 5.69 Å². The summed E-state index contributed by atoms with van der Waals surface area (Å²) in [5, 5.41) is 8.39. The van der Waals surface area contributed by atoms with E-state index in [0.29, 0.717) is 11.5 Å². The van der Waals surface area contributed by atoms with Crippen molar-refractivity contribution in [1.82, 2.24) is 20.0 Å². The Hall–Kier alpha value is -2.69. The zero-order valence-corrected chi connectivity index (χ0v) is 11.4. The molecule has 0 unspecified atom stereocenters. The quantitative estimate of drug-likeness (QED) is 0.773. The van der Waals surface area contributed by atoms with Crippen molar-refractivity contribution in [3.8, 4) is 16.9 Å². The number of aryl methyl sites for hydroxylation is 2. The Morgan fingerprint density at radius 2 is 1.80 bits per heavy atom. The lowest BCUT2D eigenvalue weighted by atomic mass is 10.1. The van der Waals surface area contributed by atoms with Crippen molar-refractivity contribution in [2.24, 2.45) is 0 Å². The van der Waals surface area contributed by atoms with E-state index in [9.17, 15) is 0 Å². The van der Waals surface area contributed by atoms with Crippen molar-refractivity contribution >= 4 is 5.82 Å². The first kappa shape index (κ1) is 12.3. The maximum absolute atomic E-state index is 6.22. The Kier molecular flexibility index (Phi) is 2.95. The first-order valence-electron chi connectivity index (χ1n) is 6.36. The fourth-order valence-electron chi connectivity index (χ4n) is 2.30. The van der Waals surface area contributed by atoms with E-state index in [1.807, 2.05) is 44.2 Å². The third-order valence-electron chi connectivity index (χ3n) is 3.29. The zero-order chi connectivity index (χ0) is 14.1. The fraction of sp³-hybridized carbons (Fsp3) is 0.133. The molecule has 100 valence electrons. The number of pyridine rings is 1. The van der Waals surface area contributed by atoms with Crippen LogP contribution in [0.5, 0.6) is 0 Å². The Morgan fingerprint density at radius 3 is 2.45 bits per heavy atom. The minimum atomic E-state index is 0.524. The smallest absolute Gasteiger partial charge is 0.155 e. The van der Waals surface area contributed by atoms with Gasteiger partial charge in [0.1, 0.15) is 5.69 Å². The van der Waals surface area contributed by atoms with Crippen LogP contribution in [0.4, 0.5) is 5.82 Å². The number of rotatable bonds is 2. The number of aromatic nitrogens is 4. The van der Waals surface area contributed by atoms with Gasteiger partial charge in [-0.1, -0.05) is 23.4 Å². The van der Waals surface area contributed by atoms with E-state index in [1.165, 1.54) is 0 Å². The van der Waals surface area contributed by atoms with Crippen molar-refractivity contribution in [2.45, 2.75) is 13.8 Å². The summed E-state index contributed by atoms with van der Waals surface area (Å²) < 4.78 is 1.69. The van der Waals surface area contributed by atoms with Crippen molar-refractivity contribution in [2.75, 3.05) is 5.73 Å². The molecule has 5 nitrogen and oxygen atoms in total. The van der Waals surface area contributed by atoms with Crippen molar-refractivity contribution in [3.05, 3.63) is 53.9 Å². The predicted molar refractivity (Wildman–Crippen MR) is 78.5 cm³/mol. The van der Waals surface area contributed by atoms with Crippen LogP contribution in [0.3, 0.4) is 0 Å². The number of nitrogens with zero attached hydrogens (tertiary/aromatic N) is 4. The van der Waals surface area contributed by atoms with Crippen LogP contribution in [0.15, 0.2) is 42.7 Å². The number of anilines is 1. The summed E-state index contributed by atoms with van der Waals surface area (Å²) >= 11 is 0. The van der Waals surface area contributed by atoms with Crippen LogP contribution in [-0.2, 0) is 0 Å². The number of hydrogen-bond donors (Lipinski definition) is 1. The number of nitrogens with two attached hydrogens (primary N) is 1. The van der Waals surface area contributed by atoms with Gasteiger partial charge in [-0.25, -0.2) is 0 Å². The molecule has 0 fully saturated rings. The molecule has 0 saturated carbocycles.